The summed E-state index contributed by atoms with van der Waals surface area (Å²) < 4.78 is 32.0. The first-order valence-corrected chi connectivity index (χ1v) is 7.78. The molecule has 0 aliphatic rings. The van der Waals surface area contributed by atoms with Crippen molar-refractivity contribution in [3.8, 4) is 5.75 Å². The maximum atomic E-state index is 12.3. The maximum Gasteiger partial charge on any atom is 0.336 e. The molecule has 0 aliphatic carbocycles. The van der Waals surface area contributed by atoms with Crippen molar-refractivity contribution in [3.63, 3.8) is 0 Å². The Balaban J connectivity index is 1.99. The Morgan fingerprint density at radius 1 is 0.955 bits per heavy atom. The van der Waals surface area contributed by atoms with E-state index in [1.807, 2.05) is 0 Å². The fraction of sp³-hybridized carbons (Fsp3) is 0. The summed E-state index contributed by atoms with van der Waals surface area (Å²) in [6.45, 7) is 0. The highest BCUT2D eigenvalue weighted by Crippen LogP contribution is 2.21. The first-order chi connectivity index (χ1) is 10.4. The minimum Gasteiger partial charge on any atom is -0.508 e. The van der Waals surface area contributed by atoms with Crippen molar-refractivity contribution in [2.75, 3.05) is 4.72 Å². The second-order valence-electron chi connectivity index (χ2n) is 4.61. The van der Waals surface area contributed by atoms with Gasteiger partial charge in [0.2, 0.25) is 0 Å². The number of anilines is 1. The molecule has 3 aromatic rings. The van der Waals surface area contributed by atoms with Gasteiger partial charge in [0.15, 0.2) is 0 Å². The Labute approximate surface area is 125 Å². The van der Waals surface area contributed by atoms with E-state index in [0.717, 1.165) is 0 Å². The molecule has 2 aromatic carbocycles. The van der Waals surface area contributed by atoms with Crippen LogP contribution in [0.5, 0.6) is 5.75 Å². The second kappa shape index (κ2) is 5.19. The van der Waals surface area contributed by atoms with E-state index >= 15 is 0 Å². The van der Waals surface area contributed by atoms with Gasteiger partial charge in [-0.1, -0.05) is 0 Å². The zero-order chi connectivity index (χ0) is 15.7. The molecule has 1 heterocycles. The van der Waals surface area contributed by atoms with Gasteiger partial charge in [0.05, 0.1) is 4.90 Å². The number of sulfonamides is 1. The molecule has 0 fully saturated rings. The third-order valence-corrected chi connectivity index (χ3v) is 4.40. The molecule has 0 aliphatic heterocycles. The Hall–Kier alpha value is -2.80. The van der Waals surface area contributed by atoms with Crippen molar-refractivity contribution < 1.29 is 17.9 Å². The molecule has 6 nitrogen and oxygen atoms in total. The molecule has 2 N–H and O–H groups in total. The second-order valence-corrected chi connectivity index (χ2v) is 6.29. The van der Waals surface area contributed by atoms with Crippen LogP contribution in [0.25, 0.3) is 11.0 Å². The average Bonchev–Trinajstić information content (AvgIpc) is 2.49. The van der Waals surface area contributed by atoms with Gasteiger partial charge in [0.1, 0.15) is 11.3 Å². The van der Waals surface area contributed by atoms with Crippen LogP contribution in [-0.2, 0) is 10.0 Å². The molecule has 22 heavy (non-hydrogen) atoms. The van der Waals surface area contributed by atoms with Gasteiger partial charge in [-0.15, -0.1) is 0 Å². The van der Waals surface area contributed by atoms with E-state index in [9.17, 15) is 18.3 Å². The molecule has 0 bridgehead atoms. The number of phenols is 1. The number of rotatable bonds is 3. The Bertz CT molecular complexity index is 990. The summed E-state index contributed by atoms with van der Waals surface area (Å²) in [6, 6.07) is 12.6. The minimum atomic E-state index is -3.78. The van der Waals surface area contributed by atoms with Gasteiger partial charge in [0, 0.05) is 17.1 Å². The molecule has 0 atom stereocenters. The molecule has 0 saturated heterocycles. The molecular weight excluding hydrogens is 306 g/mol. The maximum absolute atomic E-state index is 12.3. The van der Waals surface area contributed by atoms with E-state index < -0.39 is 15.6 Å². The predicted octanol–water partition coefficient (Wildman–Crippen LogP) is 2.30. The molecular formula is C15H11NO5S. The molecule has 7 heteroatoms. The van der Waals surface area contributed by atoms with Gasteiger partial charge in [0.25, 0.3) is 10.0 Å². The average molecular weight is 317 g/mol. The minimum absolute atomic E-state index is 0.0434. The summed E-state index contributed by atoms with van der Waals surface area (Å²) in [5.74, 6) is 0.0451. The number of aromatic hydroxyl groups is 1. The first-order valence-electron chi connectivity index (χ1n) is 6.30. The van der Waals surface area contributed by atoms with Crippen LogP contribution in [0.3, 0.4) is 0 Å². The van der Waals surface area contributed by atoms with Gasteiger partial charge in [-0.05, 0) is 48.5 Å². The lowest BCUT2D eigenvalue weighted by molar-refractivity contribution is 0.475. The topological polar surface area (TPSA) is 96.6 Å². The van der Waals surface area contributed by atoms with Crippen LogP contribution in [0.1, 0.15) is 0 Å². The van der Waals surface area contributed by atoms with Crippen LogP contribution in [0.15, 0.2) is 68.7 Å². The van der Waals surface area contributed by atoms with E-state index in [4.69, 9.17) is 4.42 Å². The zero-order valence-electron chi connectivity index (χ0n) is 11.2. The first kappa shape index (κ1) is 14.2. The third kappa shape index (κ3) is 2.79. The van der Waals surface area contributed by atoms with E-state index in [1.165, 1.54) is 54.6 Å². The van der Waals surface area contributed by atoms with Gasteiger partial charge in [-0.25, -0.2) is 13.2 Å². The van der Waals surface area contributed by atoms with E-state index in [0.29, 0.717) is 16.7 Å². The van der Waals surface area contributed by atoms with Crippen LogP contribution in [0, 0.1) is 0 Å². The number of phenolic OH excluding ortho intramolecular Hbond substituents is 1. The molecule has 0 amide bonds. The standard InChI is InChI=1S/C15H11NO5S/c17-12-4-2-11(3-5-12)16-22(19,20)13-6-7-14-10(9-13)1-8-15(18)21-14/h1-9,16-17H. The Morgan fingerprint density at radius 2 is 1.68 bits per heavy atom. The monoisotopic (exact) mass is 317 g/mol. The van der Waals surface area contributed by atoms with Crippen molar-refractivity contribution in [2.24, 2.45) is 0 Å². The van der Waals surface area contributed by atoms with Gasteiger partial charge in [-0.2, -0.15) is 0 Å². The van der Waals surface area contributed by atoms with Gasteiger partial charge in [-0.3, -0.25) is 4.72 Å². The molecule has 0 saturated carbocycles. The third-order valence-electron chi connectivity index (χ3n) is 3.02. The summed E-state index contributed by atoms with van der Waals surface area (Å²) >= 11 is 0. The summed E-state index contributed by atoms with van der Waals surface area (Å²) in [4.78, 5) is 11.2. The molecule has 112 valence electrons. The lowest BCUT2D eigenvalue weighted by atomic mass is 10.2. The van der Waals surface area contributed by atoms with Crippen LogP contribution in [0.4, 0.5) is 5.69 Å². The summed E-state index contributed by atoms with van der Waals surface area (Å²) in [6.07, 6.45) is 0. The van der Waals surface area contributed by atoms with E-state index in [-0.39, 0.29) is 10.6 Å². The lowest BCUT2D eigenvalue weighted by Gasteiger charge is -2.08. The highest BCUT2D eigenvalue weighted by molar-refractivity contribution is 7.92. The van der Waals surface area contributed by atoms with Crippen molar-refractivity contribution in [1.82, 2.24) is 0 Å². The van der Waals surface area contributed by atoms with Crippen LogP contribution in [0.2, 0.25) is 0 Å². The molecule has 0 unspecified atom stereocenters. The normalized spacial score (nSPS) is 11.5. The molecule has 0 spiro atoms. The highest BCUT2D eigenvalue weighted by atomic mass is 32.2. The predicted molar refractivity (Wildman–Crippen MR) is 81.4 cm³/mol. The lowest BCUT2D eigenvalue weighted by Crippen LogP contribution is -2.12. The summed E-state index contributed by atoms with van der Waals surface area (Å²) in [5.41, 5.74) is 0.152. The number of fused-ring (bicyclic) bond motifs is 1. The van der Waals surface area contributed by atoms with E-state index in [1.54, 1.807) is 0 Å². The van der Waals surface area contributed by atoms with Crippen LogP contribution in [-0.4, -0.2) is 13.5 Å². The van der Waals surface area contributed by atoms with Gasteiger partial charge < -0.3 is 9.52 Å². The van der Waals surface area contributed by atoms with Crippen molar-refractivity contribution in [3.05, 3.63) is 65.0 Å². The number of benzene rings is 2. The highest BCUT2D eigenvalue weighted by Gasteiger charge is 2.15. The quantitative estimate of drug-likeness (QED) is 0.571. The van der Waals surface area contributed by atoms with E-state index in [2.05, 4.69) is 4.72 Å². The zero-order valence-corrected chi connectivity index (χ0v) is 12.0. The fourth-order valence-corrected chi connectivity index (χ4v) is 3.05. The smallest absolute Gasteiger partial charge is 0.336 e. The van der Waals surface area contributed by atoms with Gasteiger partial charge >= 0.3 is 5.63 Å². The Kier molecular flexibility index (Phi) is 3.34. The van der Waals surface area contributed by atoms with Crippen LogP contribution >= 0.6 is 0 Å². The molecule has 3 rings (SSSR count). The molecule has 1 aromatic heterocycles. The van der Waals surface area contributed by atoms with Crippen LogP contribution < -0.4 is 10.3 Å². The molecule has 0 radical (unpaired) electrons. The number of hydrogen-bond donors (Lipinski definition) is 2. The van der Waals surface area contributed by atoms with Crippen molar-refractivity contribution in [2.45, 2.75) is 4.90 Å². The Morgan fingerprint density at radius 3 is 2.41 bits per heavy atom. The number of hydrogen-bond acceptors (Lipinski definition) is 5. The summed E-state index contributed by atoms with van der Waals surface area (Å²) in [5, 5.41) is 9.71. The fourth-order valence-electron chi connectivity index (χ4n) is 1.96. The SMILES string of the molecule is O=c1ccc2cc(S(=O)(=O)Nc3ccc(O)cc3)ccc2o1. The summed E-state index contributed by atoms with van der Waals surface area (Å²) in [7, 11) is -3.78. The number of nitrogens with one attached hydrogen (secondary N) is 1. The largest absolute Gasteiger partial charge is 0.508 e. The van der Waals surface area contributed by atoms with Crippen molar-refractivity contribution >= 4 is 26.7 Å². The van der Waals surface area contributed by atoms with Crippen molar-refractivity contribution in [1.29, 1.82) is 0 Å².